The van der Waals surface area contributed by atoms with E-state index in [2.05, 4.69) is 51.6 Å². The van der Waals surface area contributed by atoms with Crippen molar-refractivity contribution in [2.45, 2.75) is 46.5 Å². The Morgan fingerprint density at radius 1 is 1.24 bits per heavy atom. The van der Waals surface area contributed by atoms with Crippen molar-refractivity contribution in [3.63, 3.8) is 0 Å². The predicted octanol–water partition coefficient (Wildman–Crippen LogP) is 5.40. The molecule has 0 atom stereocenters. The maximum absolute atomic E-state index is 3.91. The molecule has 0 saturated carbocycles. The molecule has 0 radical (unpaired) electrons. The molecular weight excluding hydrogens is 204 g/mol. The fourth-order valence-electron chi connectivity index (χ4n) is 2.14. The van der Waals surface area contributed by atoms with Crippen LogP contribution in [0, 0.1) is 0 Å². The highest BCUT2D eigenvalue weighted by Crippen LogP contribution is 2.28. The average molecular weight is 228 g/mol. The SMILES string of the molecule is C=CC(C)=C(CCCC)c1ccccc1CC. The Balaban J connectivity index is 3.17. The van der Waals surface area contributed by atoms with Crippen molar-refractivity contribution >= 4 is 5.57 Å². The minimum atomic E-state index is 1.09. The molecular formula is C17H24. The molecule has 1 rings (SSSR count). The van der Waals surface area contributed by atoms with Crippen molar-refractivity contribution in [3.8, 4) is 0 Å². The van der Waals surface area contributed by atoms with E-state index in [0.717, 1.165) is 12.8 Å². The summed E-state index contributed by atoms with van der Waals surface area (Å²) < 4.78 is 0. The maximum atomic E-state index is 3.91. The molecule has 0 fully saturated rings. The second-order valence-corrected chi connectivity index (χ2v) is 4.48. The summed E-state index contributed by atoms with van der Waals surface area (Å²) in [5.74, 6) is 0. The molecule has 0 aliphatic rings. The molecule has 0 N–H and O–H groups in total. The summed E-state index contributed by atoms with van der Waals surface area (Å²) in [7, 11) is 0. The van der Waals surface area contributed by atoms with E-state index in [1.807, 2.05) is 6.08 Å². The summed E-state index contributed by atoms with van der Waals surface area (Å²) in [6.45, 7) is 10.5. The Bertz CT molecular complexity index is 396. The Kier molecular flexibility index (Phi) is 5.76. The molecule has 0 saturated heterocycles. The van der Waals surface area contributed by atoms with Gasteiger partial charge in [-0.2, -0.15) is 0 Å². The smallest absolute Gasteiger partial charge is 0.0190 e. The zero-order valence-electron chi connectivity index (χ0n) is 11.4. The molecule has 0 aromatic heterocycles. The van der Waals surface area contributed by atoms with Gasteiger partial charge in [0.25, 0.3) is 0 Å². The molecule has 17 heavy (non-hydrogen) atoms. The maximum Gasteiger partial charge on any atom is -0.0190 e. The van der Waals surface area contributed by atoms with Crippen LogP contribution in [0.25, 0.3) is 5.57 Å². The van der Waals surface area contributed by atoms with Crippen LogP contribution in [0.3, 0.4) is 0 Å². The Morgan fingerprint density at radius 3 is 2.53 bits per heavy atom. The van der Waals surface area contributed by atoms with Crippen LogP contribution in [-0.2, 0) is 6.42 Å². The molecule has 0 amide bonds. The normalized spacial score (nSPS) is 12.2. The van der Waals surface area contributed by atoms with Crippen molar-refractivity contribution in [2.75, 3.05) is 0 Å². The van der Waals surface area contributed by atoms with Gasteiger partial charge in [0.1, 0.15) is 0 Å². The zero-order chi connectivity index (χ0) is 12.7. The summed E-state index contributed by atoms with van der Waals surface area (Å²) >= 11 is 0. The van der Waals surface area contributed by atoms with Crippen molar-refractivity contribution in [1.29, 1.82) is 0 Å². The Labute approximate surface area is 106 Å². The minimum Gasteiger partial charge on any atom is -0.0988 e. The highest BCUT2D eigenvalue weighted by Gasteiger charge is 2.07. The summed E-state index contributed by atoms with van der Waals surface area (Å²) in [6, 6.07) is 8.74. The van der Waals surface area contributed by atoms with E-state index < -0.39 is 0 Å². The molecule has 0 spiro atoms. The van der Waals surface area contributed by atoms with E-state index in [9.17, 15) is 0 Å². The van der Waals surface area contributed by atoms with Gasteiger partial charge in [0.2, 0.25) is 0 Å². The fraction of sp³-hybridized carbons (Fsp3) is 0.412. The number of benzene rings is 1. The van der Waals surface area contributed by atoms with Gasteiger partial charge in [-0.1, -0.05) is 57.2 Å². The molecule has 1 aromatic carbocycles. The molecule has 0 aliphatic heterocycles. The lowest BCUT2D eigenvalue weighted by Gasteiger charge is -2.14. The number of unbranched alkanes of at least 4 members (excludes halogenated alkanes) is 1. The van der Waals surface area contributed by atoms with Crippen LogP contribution in [0.4, 0.5) is 0 Å². The Hall–Kier alpha value is -1.30. The van der Waals surface area contributed by atoms with Gasteiger partial charge in [0.15, 0.2) is 0 Å². The monoisotopic (exact) mass is 228 g/mol. The molecule has 0 heterocycles. The first-order chi connectivity index (χ1) is 8.24. The van der Waals surface area contributed by atoms with E-state index in [-0.39, 0.29) is 0 Å². The quantitative estimate of drug-likeness (QED) is 0.572. The third kappa shape index (κ3) is 3.59. The molecule has 0 heteroatoms. The van der Waals surface area contributed by atoms with Crippen LogP contribution in [-0.4, -0.2) is 0 Å². The van der Waals surface area contributed by atoms with Gasteiger partial charge in [0.05, 0.1) is 0 Å². The highest BCUT2D eigenvalue weighted by molar-refractivity contribution is 5.72. The number of hydrogen-bond acceptors (Lipinski definition) is 0. The van der Waals surface area contributed by atoms with Crippen LogP contribution < -0.4 is 0 Å². The van der Waals surface area contributed by atoms with Gasteiger partial charge in [-0.25, -0.2) is 0 Å². The largest absolute Gasteiger partial charge is 0.0988 e. The first kappa shape index (κ1) is 13.8. The second kappa shape index (κ2) is 7.11. The van der Waals surface area contributed by atoms with Crippen LogP contribution in [0.5, 0.6) is 0 Å². The lowest BCUT2D eigenvalue weighted by atomic mass is 9.91. The number of rotatable bonds is 6. The first-order valence-corrected chi connectivity index (χ1v) is 6.65. The molecule has 0 aliphatic carbocycles. The molecule has 0 unspecified atom stereocenters. The highest BCUT2D eigenvalue weighted by atomic mass is 14.1. The van der Waals surface area contributed by atoms with Crippen molar-refractivity contribution in [1.82, 2.24) is 0 Å². The van der Waals surface area contributed by atoms with E-state index in [1.54, 1.807) is 0 Å². The van der Waals surface area contributed by atoms with Gasteiger partial charge in [-0.3, -0.25) is 0 Å². The van der Waals surface area contributed by atoms with Gasteiger partial charge in [-0.15, -0.1) is 0 Å². The topological polar surface area (TPSA) is 0 Å². The van der Waals surface area contributed by atoms with E-state index in [1.165, 1.54) is 35.1 Å². The van der Waals surface area contributed by atoms with Crippen molar-refractivity contribution in [2.24, 2.45) is 0 Å². The fourth-order valence-corrected chi connectivity index (χ4v) is 2.14. The second-order valence-electron chi connectivity index (χ2n) is 4.48. The van der Waals surface area contributed by atoms with E-state index >= 15 is 0 Å². The van der Waals surface area contributed by atoms with E-state index in [4.69, 9.17) is 0 Å². The summed E-state index contributed by atoms with van der Waals surface area (Å²) in [5, 5.41) is 0. The number of hydrogen-bond donors (Lipinski definition) is 0. The van der Waals surface area contributed by atoms with Gasteiger partial charge in [0, 0.05) is 0 Å². The molecule has 0 nitrogen and oxygen atoms in total. The summed E-state index contributed by atoms with van der Waals surface area (Å²) in [5.41, 5.74) is 5.65. The Morgan fingerprint density at radius 2 is 1.94 bits per heavy atom. The van der Waals surface area contributed by atoms with Crippen LogP contribution >= 0.6 is 0 Å². The lowest BCUT2D eigenvalue weighted by molar-refractivity contribution is 0.821. The van der Waals surface area contributed by atoms with E-state index in [0.29, 0.717) is 0 Å². The van der Waals surface area contributed by atoms with Gasteiger partial charge in [-0.05, 0) is 48.5 Å². The lowest BCUT2D eigenvalue weighted by Crippen LogP contribution is -1.94. The average Bonchev–Trinajstić information content (AvgIpc) is 2.39. The number of aryl methyl sites for hydroxylation is 1. The van der Waals surface area contributed by atoms with Crippen molar-refractivity contribution < 1.29 is 0 Å². The number of allylic oxidation sites excluding steroid dienone is 3. The predicted molar refractivity (Wildman–Crippen MR) is 78.1 cm³/mol. The first-order valence-electron chi connectivity index (χ1n) is 6.65. The minimum absolute atomic E-state index is 1.09. The third-order valence-corrected chi connectivity index (χ3v) is 3.29. The van der Waals surface area contributed by atoms with Crippen LogP contribution in [0.1, 0.15) is 51.2 Å². The third-order valence-electron chi connectivity index (χ3n) is 3.29. The van der Waals surface area contributed by atoms with Crippen molar-refractivity contribution in [3.05, 3.63) is 53.6 Å². The zero-order valence-corrected chi connectivity index (χ0v) is 11.4. The standard InChI is InChI=1S/C17H24/c1-5-8-12-16(14(4)6-2)17-13-10-9-11-15(17)7-3/h6,9-11,13H,2,5,7-8,12H2,1,3-4H3. The van der Waals surface area contributed by atoms with Crippen LogP contribution in [0.2, 0.25) is 0 Å². The van der Waals surface area contributed by atoms with Gasteiger partial charge >= 0.3 is 0 Å². The molecule has 92 valence electrons. The molecule has 1 aromatic rings. The van der Waals surface area contributed by atoms with Crippen LogP contribution in [0.15, 0.2) is 42.5 Å². The summed E-state index contributed by atoms with van der Waals surface area (Å²) in [6.07, 6.45) is 6.72. The molecule has 0 bridgehead atoms. The summed E-state index contributed by atoms with van der Waals surface area (Å²) in [4.78, 5) is 0. The van der Waals surface area contributed by atoms with Gasteiger partial charge < -0.3 is 0 Å².